The van der Waals surface area contributed by atoms with E-state index in [0.717, 1.165) is 17.6 Å². The number of carbonyl (C=O) groups excluding carboxylic acids is 1. The third kappa shape index (κ3) is 2.50. The second kappa shape index (κ2) is 4.38. The van der Waals surface area contributed by atoms with Gasteiger partial charge in [0.1, 0.15) is 0 Å². The Balaban J connectivity index is 2.25. The van der Waals surface area contributed by atoms with E-state index in [2.05, 4.69) is 28.9 Å². The highest BCUT2D eigenvalue weighted by Gasteiger charge is 2.24. The summed E-state index contributed by atoms with van der Waals surface area (Å²) in [5.74, 6) is 0.121. The van der Waals surface area contributed by atoms with E-state index in [1.807, 2.05) is 42.5 Å². The first-order valence-electron chi connectivity index (χ1n) is 5.25. The Kier molecular flexibility index (Phi) is 3.10. The maximum absolute atomic E-state index is 12.2. The Hall–Kier alpha value is -1.15. The summed E-state index contributed by atoms with van der Waals surface area (Å²) in [6.07, 6.45) is 6.64. The van der Waals surface area contributed by atoms with Gasteiger partial charge in [-0.15, -0.1) is 0 Å². The summed E-state index contributed by atoms with van der Waals surface area (Å²) in [5.41, 5.74) is 1.61. The first-order chi connectivity index (χ1) is 7.58. The monoisotopic (exact) mass is 276 g/mol. The fraction of sp³-hybridized carbons (Fsp3) is 0.214. The lowest BCUT2D eigenvalue weighted by molar-refractivity contribution is 0.102. The van der Waals surface area contributed by atoms with Gasteiger partial charge in [0.2, 0.25) is 0 Å². The number of carbonyl (C=O) groups is 1. The van der Waals surface area contributed by atoms with E-state index < -0.39 is 0 Å². The van der Waals surface area contributed by atoms with Crippen LogP contribution >= 0.6 is 15.9 Å². The molecule has 2 rings (SSSR count). The number of alkyl halides is 1. The van der Waals surface area contributed by atoms with E-state index in [-0.39, 0.29) is 10.1 Å². The van der Waals surface area contributed by atoms with Crippen LogP contribution in [0.3, 0.4) is 0 Å². The molecule has 1 atom stereocenters. The molecule has 0 aliphatic heterocycles. The second-order valence-corrected chi connectivity index (χ2v) is 6.01. The zero-order valence-electron chi connectivity index (χ0n) is 9.11. The quantitative estimate of drug-likeness (QED) is 0.591. The molecule has 0 spiro atoms. The Labute approximate surface area is 104 Å². The van der Waals surface area contributed by atoms with Gasteiger partial charge in [0.15, 0.2) is 5.78 Å². The summed E-state index contributed by atoms with van der Waals surface area (Å²) < 4.78 is -0.0957. The molecule has 1 aliphatic rings. The van der Waals surface area contributed by atoms with Crippen molar-refractivity contribution in [3.63, 3.8) is 0 Å². The molecule has 1 aliphatic carbocycles. The van der Waals surface area contributed by atoms with Crippen molar-refractivity contribution in [3.05, 3.63) is 59.7 Å². The van der Waals surface area contributed by atoms with Crippen molar-refractivity contribution < 1.29 is 4.79 Å². The first kappa shape index (κ1) is 11.3. The molecule has 1 nitrogen and oxygen atoms in total. The molecular formula is C14H13BrO. The molecule has 0 saturated heterocycles. The highest BCUT2D eigenvalue weighted by molar-refractivity contribution is 9.10. The molecular weight excluding hydrogens is 264 g/mol. The van der Waals surface area contributed by atoms with E-state index in [9.17, 15) is 4.79 Å². The fourth-order valence-electron chi connectivity index (χ4n) is 1.79. The maximum Gasteiger partial charge on any atom is 0.189 e. The van der Waals surface area contributed by atoms with Crippen LogP contribution in [0.4, 0.5) is 0 Å². The van der Waals surface area contributed by atoms with Crippen molar-refractivity contribution >= 4 is 21.7 Å². The molecule has 0 amide bonds. The van der Waals surface area contributed by atoms with Crippen LogP contribution in [0.5, 0.6) is 0 Å². The van der Waals surface area contributed by atoms with E-state index in [0.29, 0.717) is 0 Å². The van der Waals surface area contributed by atoms with Crippen molar-refractivity contribution in [1.29, 1.82) is 0 Å². The van der Waals surface area contributed by atoms with Gasteiger partial charge in [0.05, 0.1) is 0 Å². The highest BCUT2D eigenvalue weighted by Crippen LogP contribution is 2.32. The number of allylic oxidation sites excluding steroid dienone is 4. The second-order valence-electron chi connectivity index (χ2n) is 4.20. The lowest BCUT2D eigenvalue weighted by Gasteiger charge is -2.22. The highest BCUT2D eigenvalue weighted by atomic mass is 79.9. The van der Waals surface area contributed by atoms with Gasteiger partial charge in [-0.1, -0.05) is 64.5 Å². The van der Waals surface area contributed by atoms with Crippen LogP contribution in [0.1, 0.15) is 23.7 Å². The summed E-state index contributed by atoms with van der Waals surface area (Å²) in [5, 5.41) is 0. The van der Waals surface area contributed by atoms with Crippen molar-refractivity contribution in [1.82, 2.24) is 0 Å². The number of ketones is 1. The minimum absolute atomic E-state index is 0.0957. The largest absolute Gasteiger partial charge is 0.289 e. The van der Waals surface area contributed by atoms with Crippen molar-refractivity contribution in [2.45, 2.75) is 17.7 Å². The van der Waals surface area contributed by atoms with Gasteiger partial charge in [-0.25, -0.2) is 0 Å². The molecule has 1 unspecified atom stereocenters. The summed E-state index contributed by atoms with van der Waals surface area (Å²) in [4.78, 5) is 12.2. The lowest BCUT2D eigenvalue weighted by atomic mass is 9.90. The zero-order chi connectivity index (χ0) is 11.6. The van der Waals surface area contributed by atoms with Crippen LogP contribution in [0.15, 0.2) is 54.1 Å². The Morgan fingerprint density at radius 3 is 2.62 bits per heavy atom. The molecule has 1 aromatic carbocycles. The fourth-order valence-corrected chi connectivity index (χ4v) is 2.24. The molecule has 16 heavy (non-hydrogen) atoms. The van der Waals surface area contributed by atoms with E-state index in [1.54, 1.807) is 0 Å². The molecule has 0 radical (unpaired) electrons. The predicted molar refractivity (Wildman–Crippen MR) is 69.9 cm³/mol. The van der Waals surface area contributed by atoms with Crippen LogP contribution in [0, 0.1) is 0 Å². The molecule has 0 fully saturated rings. The van der Waals surface area contributed by atoms with Crippen molar-refractivity contribution in [3.8, 4) is 0 Å². The summed E-state index contributed by atoms with van der Waals surface area (Å²) >= 11 is 3.59. The number of halogens is 1. The molecule has 2 heteroatoms. The van der Waals surface area contributed by atoms with Crippen LogP contribution < -0.4 is 0 Å². The van der Waals surface area contributed by atoms with Crippen LogP contribution in [0.25, 0.3) is 0 Å². The standard InChI is InChI=1S/C14H13BrO/c1-14(15)9-5-8-12(10-14)13(16)11-6-3-2-4-7-11/h2-9H,10H2,1H3. The van der Waals surface area contributed by atoms with Gasteiger partial charge in [-0.3, -0.25) is 4.79 Å². The lowest BCUT2D eigenvalue weighted by Crippen LogP contribution is -2.19. The minimum atomic E-state index is -0.0957. The first-order valence-corrected chi connectivity index (χ1v) is 6.05. The normalized spacial score (nSPS) is 24.0. The molecule has 82 valence electrons. The SMILES string of the molecule is CC1(Br)C=CC=C(C(=O)c2ccccc2)C1. The number of rotatable bonds is 2. The van der Waals surface area contributed by atoms with Gasteiger partial charge in [-0.2, -0.15) is 0 Å². The van der Waals surface area contributed by atoms with Gasteiger partial charge in [0.25, 0.3) is 0 Å². The molecule has 0 heterocycles. The third-order valence-corrected chi connectivity index (χ3v) is 3.15. The predicted octanol–water partition coefficient (Wildman–Crippen LogP) is 3.91. The van der Waals surface area contributed by atoms with E-state index in [1.165, 1.54) is 0 Å². The third-order valence-electron chi connectivity index (χ3n) is 2.60. The van der Waals surface area contributed by atoms with E-state index in [4.69, 9.17) is 0 Å². The topological polar surface area (TPSA) is 17.1 Å². The summed E-state index contributed by atoms with van der Waals surface area (Å²) in [6.45, 7) is 2.06. The van der Waals surface area contributed by atoms with Gasteiger partial charge in [-0.05, 0) is 13.3 Å². The Morgan fingerprint density at radius 1 is 1.31 bits per heavy atom. The zero-order valence-corrected chi connectivity index (χ0v) is 10.7. The van der Waals surface area contributed by atoms with Gasteiger partial charge in [0, 0.05) is 15.5 Å². The number of hydrogen-bond donors (Lipinski definition) is 0. The minimum Gasteiger partial charge on any atom is -0.289 e. The summed E-state index contributed by atoms with van der Waals surface area (Å²) in [6, 6.07) is 9.40. The van der Waals surface area contributed by atoms with Crippen LogP contribution in [-0.4, -0.2) is 10.1 Å². The van der Waals surface area contributed by atoms with Gasteiger partial charge >= 0.3 is 0 Å². The Morgan fingerprint density at radius 2 is 2.00 bits per heavy atom. The number of benzene rings is 1. The average molecular weight is 277 g/mol. The number of Topliss-reactive ketones (excluding diaryl/α,β-unsaturated/α-hetero) is 1. The molecule has 1 aromatic rings. The maximum atomic E-state index is 12.2. The van der Waals surface area contributed by atoms with Gasteiger partial charge < -0.3 is 0 Å². The van der Waals surface area contributed by atoms with Crippen molar-refractivity contribution in [2.75, 3.05) is 0 Å². The van der Waals surface area contributed by atoms with Crippen molar-refractivity contribution in [2.24, 2.45) is 0 Å². The van der Waals surface area contributed by atoms with E-state index >= 15 is 0 Å². The molecule has 0 saturated carbocycles. The van der Waals surface area contributed by atoms with Crippen LogP contribution in [0.2, 0.25) is 0 Å². The molecule has 0 N–H and O–H groups in total. The number of hydrogen-bond acceptors (Lipinski definition) is 1. The average Bonchev–Trinajstić information content (AvgIpc) is 2.28. The summed E-state index contributed by atoms with van der Waals surface area (Å²) in [7, 11) is 0. The molecule has 0 aromatic heterocycles. The molecule has 0 bridgehead atoms. The van der Waals surface area contributed by atoms with Crippen LogP contribution in [-0.2, 0) is 0 Å². The smallest absolute Gasteiger partial charge is 0.189 e. The Bertz CT molecular complexity index is 455.